The van der Waals surface area contributed by atoms with E-state index in [1.807, 2.05) is 61.5 Å². The summed E-state index contributed by atoms with van der Waals surface area (Å²) >= 11 is 0. The van der Waals surface area contributed by atoms with E-state index in [1.54, 1.807) is 17.0 Å². The van der Waals surface area contributed by atoms with Gasteiger partial charge in [0.15, 0.2) is 11.5 Å². The Kier molecular flexibility index (Phi) is 5.89. The normalized spacial score (nSPS) is 16.8. The van der Waals surface area contributed by atoms with E-state index < -0.39 is 23.5 Å². The van der Waals surface area contributed by atoms with Crippen LogP contribution in [0.5, 0.6) is 0 Å². The predicted molar refractivity (Wildman–Crippen MR) is 124 cm³/mol. The lowest BCUT2D eigenvalue weighted by molar-refractivity contribution is -0.129. The summed E-state index contributed by atoms with van der Waals surface area (Å²) in [5.41, 5.74) is 2.59. The van der Waals surface area contributed by atoms with E-state index in [-0.39, 0.29) is 11.3 Å². The lowest BCUT2D eigenvalue weighted by atomic mass is 9.93. The maximum absolute atomic E-state index is 13.5. The van der Waals surface area contributed by atoms with E-state index in [1.165, 1.54) is 0 Å². The molecule has 4 rings (SSSR count). The molecule has 0 fully saturated rings. The predicted octanol–water partition coefficient (Wildman–Crippen LogP) is 4.70. The lowest BCUT2D eigenvalue weighted by Gasteiger charge is -2.28. The number of rotatable bonds is 7. The van der Waals surface area contributed by atoms with E-state index in [0.29, 0.717) is 24.6 Å². The molecule has 1 aliphatic rings. The molecule has 6 nitrogen and oxygen atoms in total. The van der Waals surface area contributed by atoms with E-state index in [2.05, 4.69) is 13.8 Å². The van der Waals surface area contributed by atoms with Crippen molar-refractivity contribution >= 4 is 22.7 Å². The first-order valence-electron chi connectivity index (χ1n) is 10.8. The average molecular weight is 433 g/mol. The molecule has 1 aromatic heterocycles. The second-order valence-corrected chi connectivity index (χ2v) is 8.77. The van der Waals surface area contributed by atoms with Crippen molar-refractivity contribution in [1.29, 1.82) is 0 Å². The molecule has 0 spiro atoms. The zero-order chi connectivity index (χ0) is 23.0. The highest BCUT2D eigenvalue weighted by atomic mass is 16.3. The van der Waals surface area contributed by atoms with Crippen molar-refractivity contribution in [1.82, 2.24) is 9.80 Å². The van der Waals surface area contributed by atoms with Gasteiger partial charge in [-0.15, -0.1) is 0 Å². The number of carbonyl (C=O) groups excluding carboxylic acids is 2. The molecule has 0 saturated heterocycles. The van der Waals surface area contributed by atoms with Gasteiger partial charge in [-0.3, -0.25) is 9.59 Å². The Morgan fingerprint density at radius 1 is 1.12 bits per heavy atom. The Labute approximate surface area is 187 Å². The van der Waals surface area contributed by atoms with Crippen molar-refractivity contribution in [3.8, 4) is 0 Å². The number of amides is 1. The fraction of sp³-hybridized carbons (Fsp3) is 0.308. The molecule has 0 radical (unpaired) electrons. The van der Waals surface area contributed by atoms with Crippen molar-refractivity contribution in [2.45, 2.75) is 25.8 Å². The van der Waals surface area contributed by atoms with Gasteiger partial charge in [0.05, 0.1) is 11.6 Å². The molecule has 1 aliphatic heterocycles. The van der Waals surface area contributed by atoms with Gasteiger partial charge < -0.3 is 19.3 Å². The second-order valence-electron chi connectivity index (χ2n) is 8.77. The number of benzene rings is 2. The topological polar surface area (TPSA) is 74.0 Å². The number of aliphatic hydroxyl groups excluding tert-OH is 1. The summed E-state index contributed by atoms with van der Waals surface area (Å²) in [7, 11) is 3.83. The second kappa shape index (κ2) is 8.63. The third kappa shape index (κ3) is 3.94. The Hall–Kier alpha value is -3.38. The Morgan fingerprint density at radius 2 is 1.81 bits per heavy atom. The summed E-state index contributed by atoms with van der Waals surface area (Å²) in [6, 6.07) is 16.2. The van der Waals surface area contributed by atoms with Gasteiger partial charge in [0.2, 0.25) is 5.78 Å². The molecular weight excluding hydrogens is 404 g/mol. The third-order valence-electron chi connectivity index (χ3n) is 5.90. The molecule has 2 heterocycles. The number of furan rings is 1. The van der Waals surface area contributed by atoms with E-state index in [4.69, 9.17) is 4.42 Å². The molecule has 1 N–H and O–H groups in total. The molecule has 0 unspecified atom stereocenters. The van der Waals surface area contributed by atoms with Crippen LogP contribution in [-0.4, -0.2) is 53.8 Å². The molecule has 166 valence electrons. The first kappa shape index (κ1) is 21.8. The van der Waals surface area contributed by atoms with Gasteiger partial charge in [-0.2, -0.15) is 0 Å². The highest BCUT2D eigenvalue weighted by Gasteiger charge is 2.44. The summed E-state index contributed by atoms with van der Waals surface area (Å²) < 4.78 is 5.76. The Balaban J connectivity index is 1.77. The number of Topliss-reactive ketones (excluding diaryl/α,β-unsaturated/α-hetero) is 1. The largest absolute Gasteiger partial charge is 0.503 e. The molecule has 1 atom stereocenters. The molecule has 0 aliphatic carbocycles. The number of hydrogen-bond acceptors (Lipinski definition) is 5. The van der Waals surface area contributed by atoms with Gasteiger partial charge in [0, 0.05) is 18.5 Å². The SMILES string of the molecule is CC(C)c1ccc([C@@H]2C(C(=O)c3cc4ccccc4o3)=C(O)C(=O)N2CCN(C)C)cc1. The molecule has 1 amide bonds. The number of hydrogen-bond donors (Lipinski definition) is 1. The summed E-state index contributed by atoms with van der Waals surface area (Å²) in [6.45, 7) is 5.20. The number of para-hydroxylation sites is 1. The Bertz CT molecular complexity index is 1160. The summed E-state index contributed by atoms with van der Waals surface area (Å²) in [5.74, 6) is -1.05. The average Bonchev–Trinajstić information content (AvgIpc) is 3.31. The molecule has 6 heteroatoms. The van der Waals surface area contributed by atoms with Gasteiger partial charge in [0.1, 0.15) is 5.58 Å². The van der Waals surface area contributed by atoms with E-state index >= 15 is 0 Å². The number of aliphatic hydroxyl groups is 1. The molecular formula is C26H28N2O4. The first-order chi connectivity index (χ1) is 15.3. The zero-order valence-corrected chi connectivity index (χ0v) is 18.8. The van der Waals surface area contributed by atoms with Crippen LogP contribution in [0.3, 0.4) is 0 Å². The fourth-order valence-electron chi connectivity index (χ4n) is 4.06. The first-order valence-corrected chi connectivity index (χ1v) is 10.8. The van der Waals surface area contributed by atoms with Gasteiger partial charge in [-0.25, -0.2) is 0 Å². The molecule has 2 aromatic carbocycles. The third-order valence-corrected chi connectivity index (χ3v) is 5.90. The van der Waals surface area contributed by atoms with Crippen LogP contribution in [0.15, 0.2) is 70.3 Å². The maximum Gasteiger partial charge on any atom is 0.290 e. The monoisotopic (exact) mass is 432 g/mol. The maximum atomic E-state index is 13.5. The Morgan fingerprint density at radius 3 is 2.44 bits per heavy atom. The van der Waals surface area contributed by atoms with Crippen LogP contribution in [-0.2, 0) is 4.79 Å². The van der Waals surface area contributed by atoms with Crippen LogP contribution >= 0.6 is 0 Å². The number of fused-ring (bicyclic) bond motifs is 1. The van der Waals surface area contributed by atoms with Gasteiger partial charge in [-0.1, -0.05) is 56.3 Å². The van der Waals surface area contributed by atoms with Gasteiger partial charge in [0.25, 0.3) is 5.91 Å². The number of ketones is 1. The zero-order valence-electron chi connectivity index (χ0n) is 18.8. The van der Waals surface area contributed by atoms with Crippen molar-refractivity contribution < 1.29 is 19.1 Å². The van der Waals surface area contributed by atoms with Crippen molar-refractivity contribution in [2.75, 3.05) is 27.2 Å². The summed E-state index contributed by atoms with van der Waals surface area (Å²) in [4.78, 5) is 30.1. The number of likely N-dealkylation sites (N-methyl/N-ethyl adjacent to an activating group) is 1. The highest BCUT2D eigenvalue weighted by Crippen LogP contribution is 2.39. The summed E-state index contributed by atoms with van der Waals surface area (Å²) in [6.07, 6.45) is 0. The standard InChI is InChI=1S/C26H28N2O4/c1-16(2)17-9-11-18(12-10-17)23-22(25(30)26(31)28(23)14-13-27(3)4)24(29)21-15-19-7-5-6-8-20(19)32-21/h5-12,15-16,23,30H,13-14H2,1-4H3/t23-/m1/s1. The number of carbonyl (C=O) groups is 2. The number of nitrogens with zero attached hydrogens (tertiary/aromatic N) is 2. The smallest absolute Gasteiger partial charge is 0.290 e. The van der Waals surface area contributed by atoms with Gasteiger partial charge >= 0.3 is 0 Å². The molecule has 32 heavy (non-hydrogen) atoms. The van der Waals surface area contributed by atoms with Crippen LogP contribution in [0.2, 0.25) is 0 Å². The minimum absolute atomic E-state index is 0.0603. The van der Waals surface area contributed by atoms with Gasteiger partial charge in [-0.05, 0) is 43.3 Å². The minimum atomic E-state index is -0.677. The van der Waals surface area contributed by atoms with Crippen molar-refractivity contribution in [2.24, 2.45) is 0 Å². The fourth-order valence-corrected chi connectivity index (χ4v) is 4.06. The highest BCUT2D eigenvalue weighted by molar-refractivity contribution is 6.16. The van der Waals surface area contributed by atoms with Crippen LogP contribution in [0.1, 0.15) is 47.5 Å². The van der Waals surface area contributed by atoms with Crippen LogP contribution in [0.4, 0.5) is 0 Å². The molecule has 0 bridgehead atoms. The molecule has 3 aromatic rings. The van der Waals surface area contributed by atoms with Crippen molar-refractivity contribution in [3.05, 3.63) is 82.8 Å². The molecule has 0 saturated carbocycles. The summed E-state index contributed by atoms with van der Waals surface area (Å²) in [5, 5.41) is 11.6. The quantitative estimate of drug-likeness (QED) is 0.548. The van der Waals surface area contributed by atoms with Crippen LogP contribution in [0.25, 0.3) is 11.0 Å². The minimum Gasteiger partial charge on any atom is -0.503 e. The van der Waals surface area contributed by atoms with Crippen molar-refractivity contribution in [3.63, 3.8) is 0 Å². The lowest BCUT2D eigenvalue weighted by Crippen LogP contribution is -2.36. The van der Waals surface area contributed by atoms with E-state index in [0.717, 1.165) is 16.5 Å². The van der Waals surface area contributed by atoms with E-state index in [9.17, 15) is 14.7 Å². The van der Waals surface area contributed by atoms with Crippen LogP contribution < -0.4 is 0 Å². The van der Waals surface area contributed by atoms with Crippen LogP contribution in [0, 0.1) is 0 Å².